The summed E-state index contributed by atoms with van der Waals surface area (Å²) in [6.45, 7) is 4.79. The van der Waals surface area contributed by atoms with Crippen molar-refractivity contribution >= 4 is 0 Å². The van der Waals surface area contributed by atoms with Crippen LogP contribution in [0.5, 0.6) is 0 Å². The molecule has 2 unspecified atom stereocenters. The standard InChI is InChI=1S/C13H24N4/c1-13(2)7-5-6-11(13)12(14-3)8-10-9-17(4)16-15-10/h9,11-12,14H,5-8H2,1-4H3. The minimum absolute atomic E-state index is 0.454. The lowest BCUT2D eigenvalue weighted by Gasteiger charge is -2.33. The van der Waals surface area contributed by atoms with Gasteiger partial charge in [-0.15, -0.1) is 5.10 Å². The Morgan fingerprint density at radius 1 is 1.59 bits per heavy atom. The van der Waals surface area contributed by atoms with Crippen LogP contribution in [0.4, 0.5) is 0 Å². The van der Waals surface area contributed by atoms with Crippen molar-refractivity contribution < 1.29 is 0 Å². The number of aromatic nitrogens is 3. The summed E-state index contributed by atoms with van der Waals surface area (Å²) in [7, 11) is 3.99. The van der Waals surface area contributed by atoms with E-state index in [1.54, 1.807) is 4.68 Å². The third-order valence-corrected chi connectivity index (χ3v) is 4.28. The number of likely N-dealkylation sites (N-methyl/N-ethyl adjacent to an activating group) is 1. The van der Waals surface area contributed by atoms with E-state index in [-0.39, 0.29) is 0 Å². The summed E-state index contributed by atoms with van der Waals surface area (Å²) in [5.74, 6) is 0.745. The van der Waals surface area contributed by atoms with Crippen molar-refractivity contribution in [1.82, 2.24) is 20.3 Å². The number of nitrogens with zero attached hydrogens (tertiary/aromatic N) is 3. The maximum absolute atomic E-state index is 4.20. The van der Waals surface area contributed by atoms with E-state index in [9.17, 15) is 0 Å². The predicted octanol–water partition coefficient (Wildman–Crippen LogP) is 1.77. The first-order valence-corrected chi connectivity index (χ1v) is 6.55. The Labute approximate surface area is 104 Å². The zero-order chi connectivity index (χ0) is 12.5. The van der Waals surface area contributed by atoms with Gasteiger partial charge in [0.15, 0.2) is 0 Å². The lowest BCUT2D eigenvalue weighted by atomic mass is 9.76. The van der Waals surface area contributed by atoms with Crippen molar-refractivity contribution in [2.75, 3.05) is 7.05 Å². The van der Waals surface area contributed by atoms with Crippen molar-refractivity contribution in [1.29, 1.82) is 0 Å². The van der Waals surface area contributed by atoms with Crippen LogP contribution in [0.3, 0.4) is 0 Å². The molecule has 1 aromatic heterocycles. The zero-order valence-electron chi connectivity index (χ0n) is 11.4. The molecule has 1 heterocycles. The number of hydrogen-bond acceptors (Lipinski definition) is 3. The SMILES string of the molecule is CNC(Cc1cn(C)nn1)C1CCCC1(C)C. The third kappa shape index (κ3) is 2.68. The zero-order valence-corrected chi connectivity index (χ0v) is 11.4. The molecule has 0 bridgehead atoms. The second-order valence-corrected chi connectivity index (χ2v) is 5.97. The first kappa shape index (κ1) is 12.6. The van der Waals surface area contributed by atoms with E-state index in [0.29, 0.717) is 11.5 Å². The molecule has 1 aliphatic rings. The van der Waals surface area contributed by atoms with Gasteiger partial charge < -0.3 is 5.32 Å². The summed E-state index contributed by atoms with van der Waals surface area (Å²) in [4.78, 5) is 0. The van der Waals surface area contributed by atoms with Crippen LogP contribution in [0, 0.1) is 11.3 Å². The molecule has 96 valence electrons. The fourth-order valence-electron chi connectivity index (χ4n) is 3.26. The minimum Gasteiger partial charge on any atom is -0.316 e. The highest BCUT2D eigenvalue weighted by Gasteiger charge is 2.39. The van der Waals surface area contributed by atoms with Crippen LogP contribution in [0.15, 0.2) is 6.20 Å². The topological polar surface area (TPSA) is 42.7 Å². The summed E-state index contributed by atoms with van der Waals surface area (Å²) in [5.41, 5.74) is 1.55. The fourth-order valence-corrected chi connectivity index (χ4v) is 3.26. The molecule has 0 amide bonds. The van der Waals surface area contributed by atoms with E-state index in [1.807, 2.05) is 13.2 Å². The Morgan fingerprint density at radius 3 is 2.82 bits per heavy atom. The van der Waals surface area contributed by atoms with Crippen LogP contribution >= 0.6 is 0 Å². The molecule has 1 aliphatic carbocycles. The normalized spacial score (nSPS) is 25.1. The van der Waals surface area contributed by atoms with Crippen LogP contribution in [0.1, 0.15) is 38.8 Å². The first-order chi connectivity index (χ1) is 8.03. The van der Waals surface area contributed by atoms with Crippen molar-refractivity contribution in [2.24, 2.45) is 18.4 Å². The fraction of sp³-hybridized carbons (Fsp3) is 0.846. The molecule has 1 saturated carbocycles. The molecule has 0 aliphatic heterocycles. The van der Waals surface area contributed by atoms with Crippen molar-refractivity contribution in [3.63, 3.8) is 0 Å². The highest BCUT2D eigenvalue weighted by atomic mass is 15.4. The molecule has 1 fully saturated rings. The molecule has 0 aromatic carbocycles. The maximum atomic E-state index is 4.20. The third-order valence-electron chi connectivity index (χ3n) is 4.28. The lowest BCUT2D eigenvalue weighted by Crippen LogP contribution is -2.40. The highest BCUT2D eigenvalue weighted by Crippen LogP contribution is 2.44. The second kappa shape index (κ2) is 4.77. The summed E-state index contributed by atoms with van der Waals surface area (Å²) in [6, 6.07) is 0.518. The quantitative estimate of drug-likeness (QED) is 0.866. The maximum Gasteiger partial charge on any atom is 0.0842 e. The largest absolute Gasteiger partial charge is 0.316 e. The molecular weight excluding hydrogens is 212 g/mol. The average molecular weight is 236 g/mol. The second-order valence-electron chi connectivity index (χ2n) is 5.97. The molecule has 1 N–H and O–H groups in total. The lowest BCUT2D eigenvalue weighted by molar-refractivity contribution is 0.201. The molecule has 4 heteroatoms. The summed E-state index contributed by atoms with van der Waals surface area (Å²) in [5, 5.41) is 11.7. The van der Waals surface area contributed by atoms with Gasteiger partial charge in [-0.05, 0) is 31.2 Å². The van der Waals surface area contributed by atoms with E-state index in [4.69, 9.17) is 0 Å². The van der Waals surface area contributed by atoms with Gasteiger partial charge >= 0.3 is 0 Å². The number of hydrogen-bond donors (Lipinski definition) is 1. The van der Waals surface area contributed by atoms with E-state index >= 15 is 0 Å². The van der Waals surface area contributed by atoms with Gasteiger partial charge in [0.05, 0.1) is 5.69 Å². The van der Waals surface area contributed by atoms with Gasteiger partial charge in [0.1, 0.15) is 0 Å². The van der Waals surface area contributed by atoms with Crippen LogP contribution < -0.4 is 5.32 Å². The van der Waals surface area contributed by atoms with Gasteiger partial charge in [0, 0.05) is 25.7 Å². The number of nitrogens with one attached hydrogen (secondary N) is 1. The van der Waals surface area contributed by atoms with Gasteiger partial charge in [0.2, 0.25) is 0 Å². The molecule has 2 atom stereocenters. The van der Waals surface area contributed by atoms with E-state index < -0.39 is 0 Å². The summed E-state index contributed by atoms with van der Waals surface area (Å²) >= 11 is 0. The Hall–Kier alpha value is -0.900. The molecule has 0 saturated heterocycles. The minimum atomic E-state index is 0.454. The summed E-state index contributed by atoms with van der Waals surface area (Å²) < 4.78 is 1.78. The van der Waals surface area contributed by atoms with Crippen LogP contribution in [0.25, 0.3) is 0 Å². The molecule has 0 spiro atoms. The van der Waals surface area contributed by atoms with E-state index in [1.165, 1.54) is 19.3 Å². The van der Waals surface area contributed by atoms with Gasteiger partial charge in [0.25, 0.3) is 0 Å². The Balaban J connectivity index is 2.06. The van der Waals surface area contributed by atoms with Crippen LogP contribution in [0.2, 0.25) is 0 Å². The molecule has 2 rings (SSSR count). The molecule has 4 nitrogen and oxygen atoms in total. The first-order valence-electron chi connectivity index (χ1n) is 6.55. The van der Waals surface area contributed by atoms with Crippen molar-refractivity contribution in [2.45, 2.75) is 45.6 Å². The summed E-state index contributed by atoms with van der Waals surface area (Å²) in [6.07, 6.45) is 7.04. The van der Waals surface area contributed by atoms with Crippen molar-refractivity contribution in [3.8, 4) is 0 Å². The monoisotopic (exact) mass is 236 g/mol. The Bertz CT molecular complexity index is 369. The Morgan fingerprint density at radius 2 is 2.35 bits per heavy atom. The molecule has 0 radical (unpaired) electrons. The Kier molecular flexibility index (Phi) is 3.52. The van der Waals surface area contributed by atoms with Gasteiger partial charge in [-0.2, -0.15) is 0 Å². The molecule has 17 heavy (non-hydrogen) atoms. The van der Waals surface area contributed by atoms with Gasteiger partial charge in [-0.3, -0.25) is 4.68 Å². The van der Waals surface area contributed by atoms with E-state index in [0.717, 1.165) is 18.0 Å². The van der Waals surface area contributed by atoms with Crippen LogP contribution in [-0.2, 0) is 13.5 Å². The predicted molar refractivity (Wildman–Crippen MR) is 68.7 cm³/mol. The average Bonchev–Trinajstić information content (AvgIpc) is 2.81. The smallest absolute Gasteiger partial charge is 0.0842 e. The molecule has 1 aromatic rings. The van der Waals surface area contributed by atoms with Crippen LogP contribution in [-0.4, -0.2) is 28.1 Å². The highest BCUT2D eigenvalue weighted by molar-refractivity contribution is 5.01. The molecular formula is C13H24N4. The van der Waals surface area contributed by atoms with Gasteiger partial charge in [-0.25, -0.2) is 0 Å². The van der Waals surface area contributed by atoms with E-state index in [2.05, 4.69) is 36.5 Å². The number of aryl methyl sites for hydroxylation is 1. The number of rotatable bonds is 4. The van der Waals surface area contributed by atoms with Crippen molar-refractivity contribution in [3.05, 3.63) is 11.9 Å². The van der Waals surface area contributed by atoms with Gasteiger partial charge in [-0.1, -0.05) is 25.5 Å².